The lowest BCUT2D eigenvalue weighted by molar-refractivity contribution is -0.384. The molecule has 6 heteroatoms. The third-order valence-corrected chi connectivity index (χ3v) is 2.58. The van der Waals surface area contributed by atoms with Crippen molar-refractivity contribution >= 4 is 17.2 Å². The minimum absolute atomic E-state index is 0.0574. The molecule has 6 nitrogen and oxygen atoms in total. The number of amides is 1. The number of nitro groups is 1. The van der Waals surface area contributed by atoms with Gasteiger partial charge in [0, 0.05) is 19.2 Å². The van der Waals surface area contributed by atoms with Crippen molar-refractivity contribution in [2.75, 3.05) is 13.6 Å². The molecule has 0 spiro atoms. The van der Waals surface area contributed by atoms with Crippen LogP contribution >= 0.6 is 0 Å². The van der Waals surface area contributed by atoms with E-state index in [1.807, 2.05) is 0 Å². The SMILES string of the molecule is CN1CC(O)=C(c2cccc([N+](=O)[O-])c2)C1=O. The van der Waals surface area contributed by atoms with Crippen molar-refractivity contribution in [1.82, 2.24) is 4.90 Å². The molecule has 1 amide bonds. The Bertz CT molecular complexity index is 536. The second-order valence-corrected chi connectivity index (χ2v) is 3.79. The Morgan fingerprint density at radius 3 is 2.71 bits per heavy atom. The summed E-state index contributed by atoms with van der Waals surface area (Å²) in [6.45, 7) is 0.136. The van der Waals surface area contributed by atoms with E-state index in [2.05, 4.69) is 0 Å². The zero-order valence-electron chi connectivity index (χ0n) is 9.08. The van der Waals surface area contributed by atoms with Crippen molar-refractivity contribution in [2.45, 2.75) is 0 Å². The number of non-ortho nitro benzene ring substituents is 1. The average Bonchev–Trinajstić information content (AvgIpc) is 2.53. The first-order valence-electron chi connectivity index (χ1n) is 4.93. The van der Waals surface area contributed by atoms with Gasteiger partial charge in [0.1, 0.15) is 5.76 Å². The van der Waals surface area contributed by atoms with Crippen LogP contribution in [0, 0.1) is 10.1 Å². The molecule has 0 radical (unpaired) electrons. The van der Waals surface area contributed by atoms with Crippen molar-refractivity contribution in [2.24, 2.45) is 0 Å². The van der Waals surface area contributed by atoms with Gasteiger partial charge >= 0.3 is 0 Å². The lowest BCUT2D eigenvalue weighted by Crippen LogP contribution is -2.21. The van der Waals surface area contributed by atoms with Crippen LogP contribution in [0.3, 0.4) is 0 Å². The number of nitro benzene ring substituents is 1. The fourth-order valence-corrected chi connectivity index (χ4v) is 1.75. The van der Waals surface area contributed by atoms with Gasteiger partial charge in [-0.25, -0.2) is 0 Å². The van der Waals surface area contributed by atoms with Gasteiger partial charge in [0.2, 0.25) is 0 Å². The highest BCUT2D eigenvalue weighted by Crippen LogP contribution is 2.27. The quantitative estimate of drug-likeness (QED) is 0.618. The van der Waals surface area contributed by atoms with Crippen LogP contribution in [0.5, 0.6) is 0 Å². The summed E-state index contributed by atoms with van der Waals surface area (Å²) >= 11 is 0. The van der Waals surface area contributed by atoms with Gasteiger partial charge in [-0.2, -0.15) is 0 Å². The first-order chi connectivity index (χ1) is 8.00. The van der Waals surface area contributed by atoms with Crippen LogP contribution in [-0.4, -0.2) is 34.4 Å². The second kappa shape index (κ2) is 3.89. The number of aliphatic hydroxyl groups excluding tert-OH is 1. The molecule has 1 aromatic carbocycles. The van der Waals surface area contributed by atoms with Gasteiger partial charge in [-0.05, 0) is 5.56 Å². The molecule has 1 N–H and O–H groups in total. The molecule has 0 bridgehead atoms. The second-order valence-electron chi connectivity index (χ2n) is 3.79. The number of nitrogens with zero attached hydrogens (tertiary/aromatic N) is 2. The van der Waals surface area contributed by atoms with Gasteiger partial charge in [0.05, 0.1) is 17.0 Å². The standard InChI is InChI=1S/C11H10N2O4/c1-12-6-9(14)10(11(12)15)7-3-2-4-8(5-7)13(16)17/h2-5,14H,6H2,1H3. The highest BCUT2D eigenvalue weighted by Gasteiger charge is 2.29. The first-order valence-corrected chi connectivity index (χ1v) is 4.93. The van der Waals surface area contributed by atoms with E-state index in [1.54, 1.807) is 13.1 Å². The van der Waals surface area contributed by atoms with Crippen molar-refractivity contribution in [1.29, 1.82) is 0 Å². The van der Waals surface area contributed by atoms with Gasteiger partial charge < -0.3 is 10.0 Å². The minimum Gasteiger partial charge on any atom is -0.510 e. The maximum absolute atomic E-state index is 11.7. The van der Waals surface area contributed by atoms with E-state index in [0.717, 1.165) is 0 Å². The number of hydrogen-bond donors (Lipinski definition) is 1. The van der Waals surface area contributed by atoms with Crippen LogP contribution in [0.4, 0.5) is 5.69 Å². The summed E-state index contributed by atoms with van der Waals surface area (Å²) in [7, 11) is 1.56. The van der Waals surface area contributed by atoms with Gasteiger partial charge in [-0.15, -0.1) is 0 Å². The zero-order valence-corrected chi connectivity index (χ0v) is 9.08. The molecule has 0 unspecified atom stereocenters. The van der Waals surface area contributed by atoms with E-state index in [0.29, 0.717) is 5.56 Å². The number of likely N-dealkylation sites (N-methyl/N-ethyl adjacent to an activating group) is 1. The number of hydrogen-bond acceptors (Lipinski definition) is 4. The number of benzene rings is 1. The van der Waals surface area contributed by atoms with Crippen LogP contribution in [0.25, 0.3) is 5.57 Å². The molecule has 0 fully saturated rings. The summed E-state index contributed by atoms with van der Waals surface area (Å²) < 4.78 is 0. The van der Waals surface area contributed by atoms with Crippen molar-refractivity contribution in [3.05, 3.63) is 45.7 Å². The first kappa shape index (κ1) is 11.1. The zero-order chi connectivity index (χ0) is 12.6. The molecule has 1 heterocycles. The molecule has 17 heavy (non-hydrogen) atoms. The van der Waals surface area contributed by atoms with Gasteiger partial charge in [-0.3, -0.25) is 14.9 Å². The molecule has 0 saturated carbocycles. The van der Waals surface area contributed by atoms with Crippen molar-refractivity contribution in [3.63, 3.8) is 0 Å². The average molecular weight is 234 g/mol. The number of aliphatic hydroxyl groups is 1. The third kappa shape index (κ3) is 1.84. The molecule has 0 aromatic heterocycles. The smallest absolute Gasteiger partial charge is 0.270 e. The summed E-state index contributed by atoms with van der Waals surface area (Å²) in [5.74, 6) is -0.388. The highest BCUT2D eigenvalue weighted by molar-refractivity contribution is 6.22. The summed E-state index contributed by atoms with van der Waals surface area (Å²) in [5, 5.41) is 20.3. The maximum atomic E-state index is 11.7. The third-order valence-electron chi connectivity index (χ3n) is 2.58. The summed E-state index contributed by atoms with van der Waals surface area (Å²) in [4.78, 5) is 23.2. The van der Waals surface area contributed by atoms with Gasteiger partial charge in [0.25, 0.3) is 11.6 Å². The Morgan fingerprint density at radius 1 is 1.47 bits per heavy atom. The Kier molecular flexibility index (Phi) is 2.55. The lowest BCUT2D eigenvalue weighted by Gasteiger charge is -2.07. The fraction of sp³-hybridized carbons (Fsp3) is 0.182. The molecular formula is C11H10N2O4. The van der Waals surface area contributed by atoms with Crippen LogP contribution in [0.1, 0.15) is 5.56 Å². The minimum atomic E-state index is -0.537. The Hall–Kier alpha value is -2.37. The van der Waals surface area contributed by atoms with Crippen LogP contribution in [0.15, 0.2) is 30.0 Å². The van der Waals surface area contributed by atoms with Gasteiger partial charge in [-0.1, -0.05) is 12.1 Å². The lowest BCUT2D eigenvalue weighted by atomic mass is 10.1. The number of carbonyl (C=O) groups excluding carboxylic acids is 1. The largest absolute Gasteiger partial charge is 0.510 e. The number of rotatable bonds is 2. The molecule has 0 saturated heterocycles. The fourth-order valence-electron chi connectivity index (χ4n) is 1.75. The van der Waals surface area contributed by atoms with E-state index in [9.17, 15) is 20.0 Å². The van der Waals surface area contributed by atoms with Gasteiger partial charge in [0.15, 0.2) is 0 Å². The highest BCUT2D eigenvalue weighted by atomic mass is 16.6. The topological polar surface area (TPSA) is 83.7 Å². The summed E-state index contributed by atoms with van der Waals surface area (Å²) in [6.07, 6.45) is 0. The predicted molar refractivity (Wildman–Crippen MR) is 60.3 cm³/mol. The molecule has 1 aromatic rings. The predicted octanol–water partition coefficient (Wildman–Crippen LogP) is 1.34. The van der Waals surface area contributed by atoms with Crippen molar-refractivity contribution in [3.8, 4) is 0 Å². The monoisotopic (exact) mass is 234 g/mol. The Morgan fingerprint density at radius 2 is 2.18 bits per heavy atom. The molecule has 88 valence electrons. The molecular weight excluding hydrogens is 224 g/mol. The van der Waals surface area contributed by atoms with E-state index in [4.69, 9.17) is 0 Å². The molecule has 1 aliphatic rings. The number of carbonyl (C=O) groups is 1. The summed E-state index contributed by atoms with van der Waals surface area (Å²) in [6, 6.07) is 5.67. The molecule has 2 rings (SSSR count). The van der Waals surface area contributed by atoms with E-state index in [-0.39, 0.29) is 29.5 Å². The Labute approximate surface area is 96.9 Å². The van der Waals surface area contributed by atoms with Crippen LogP contribution in [0.2, 0.25) is 0 Å². The van der Waals surface area contributed by atoms with Crippen LogP contribution in [-0.2, 0) is 4.79 Å². The summed E-state index contributed by atoms with van der Waals surface area (Å²) in [5.41, 5.74) is 0.396. The normalized spacial score (nSPS) is 15.6. The molecule has 1 aliphatic heterocycles. The van der Waals surface area contributed by atoms with E-state index < -0.39 is 4.92 Å². The molecule has 0 atom stereocenters. The Balaban J connectivity index is 2.48. The van der Waals surface area contributed by atoms with Crippen molar-refractivity contribution < 1.29 is 14.8 Å². The van der Waals surface area contributed by atoms with Crippen LogP contribution < -0.4 is 0 Å². The maximum Gasteiger partial charge on any atom is 0.270 e. The molecule has 0 aliphatic carbocycles. The van der Waals surface area contributed by atoms with E-state index in [1.165, 1.54) is 23.1 Å². The van der Waals surface area contributed by atoms with E-state index >= 15 is 0 Å².